The fraction of sp³-hybridized carbons (Fsp3) is 0.133. The lowest BCUT2D eigenvalue weighted by atomic mass is 10.2. The molecule has 1 aliphatic heterocycles. The second-order valence-corrected chi connectivity index (χ2v) is 5.77. The van der Waals surface area contributed by atoms with Crippen molar-refractivity contribution in [3.63, 3.8) is 0 Å². The highest BCUT2D eigenvalue weighted by molar-refractivity contribution is 9.10. The Morgan fingerprint density at radius 3 is 2.62 bits per heavy atom. The molecule has 0 aliphatic carbocycles. The Kier molecular flexibility index (Phi) is 4.03. The molecule has 0 saturated carbocycles. The van der Waals surface area contributed by atoms with E-state index in [1.54, 1.807) is 24.3 Å². The molecule has 3 rings (SSSR count). The smallest absolute Gasteiger partial charge is 0.255 e. The number of ether oxygens (including phenoxy) is 2. The van der Waals surface area contributed by atoms with Crippen molar-refractivity contribution in [2.24, 2.45) is 0 Å². The number of benzene rings is 2. The molecule has 0 aromatic heterocycles. The first-order valence-electron chi connectivity index (χ1n) is 6.29. The third-order valence-electron chi connectivity index (χ3n) is 2.96. The van der Waals surface area contributed by atoms with E-state index in [0.29, 0.717) is 41.0 Å². The molecule has 1 amide bonds. The van der Waals surface area contributed by atoms with E-state index >= 15 is 0 Å². The van der Waals surface area contributed by atoms with Crippen molar-refractivity contribution in [3.8, 4) is 11.5 Å². The molecule has 0 spiro atoms. The van der Waals surface area contributed by atoms with Gasteiger partial charge >= 0.3 is 0 Å². The molecule has 1 aliphatic rings. The van der Waals surface area contributed by atoms with Crippen molar-refractivity contribution in [2.45, 2.75) is 0 Å². The number of rotatable bonds is 2. The predicted octanol–water partition coefficient (Wildman–Crippen LogP) is 4.13. The summed E-state index contributed by atoms with van der Waals surface area (Å²) in [7, 11) is 0. The largest absolute Gasteiger partial charge is 0.486 e. The minimum atomic E-state index is -0.213. The van der Waals surface area contributed by atoms with Gasteiger partial charge < -0.3 is 14.8 Å². The minimum Gasteiger partial charge on any atom is -0.486 e. The zero-order chi connectivity index (χ0) is 14.8. The summed E-state index contributed by atoms with van der Waals surface area (Å²) >= 11 is 9.47. The quantitative estimate of drug-likeness (QED) is 0.867. The van der Waals surface area contributed by atoms with E-state index in [0.717, 1.165) is 4.47 Å². The van der Waals surface area contributed by atoms with Gasteiger partial charge in [0.2, 0.25) is 0 Å². The van der Waals surface area contributed by atoms with Gasteiger partial charge in [0.25, 0.3) is 5.91 Å². The van der Waals surface area contributed by atoms with E-state index in [-0.39, 0.29) is 5.91 Å². The van der Waals surface area contributed by atoms with Crippen LogP contribution in [-0.4, -0.2) is 19.1 Å². The van der Waals surface area contributed by atoms with Crippen molar-refractivity contribution in [1.82, 2.24) is 0 Å². The van der Waals surface area contributed by atoms with Crippen LogP contribution in [0.15, 0.2) is 40.9 Å². The molecule has 0 atom stereocenters. The molecule has 1 N–H and O–H groups in total. The molecular weight excluding hydrogens is 358 g/mol. The van der Waals surface area contributed by atoms with Crippen molar-refractivity contribution >= 4 is 39.1 Å². The van der Waals surface area contributed by atoms with Crippen LogP contribution in [0.3, 0.4) is 0 Å². The SMILES string of the molecule is O=C(Nc1cc(Cl)c2c(c1)OCCO2)c1ccc(Br)cc1. The van der Waals surface area contributed by atoms with Crippen molar-refractivity contribution in [3.05, 3.63) is 51.5 Å². The number of fused-ring (bicyclic) bond motifs is 1. The summed E-state index contributed by atoms with van der Waals surface area (Å²) in [6.07, 6.45) is 0. The van der Waals surface area contributed by atoms with Crippen LogP contribution < -0.4 is 14.8 Å². The topological polar surface area (TPSA) is 47.6 Å². The Morgan fingerprint density at radius 2 is 1.86 bits per heavy atom. The first-order chi connectivity index (χ1) is 10.1. The fourth-order valence-electron chi connectivity index (χ4n) is 1.99. The maximum atomic E-state index is 12.2. The molecule has 0 fully saturated rings. The molecule has 0 bridgehead atoms. The summed E-state index contributed by atoms with van der Waals surface area (Å²) < 4.78 is 11.8. The maximum Gasteiger partial charge on any atom is 0.255 e. The van der Waals surface area contributed by atoms with Gasteiger partial charge in [-0.1, -0.05) is 27.5 Å². The van der Waals surface area contributed by atoms with Gasteiger partial charge in [-0.3, -0.25) is 4.79 Å². The highest BCUT2D eigenvalue weighted by Crippen LogP contribution is 2.39. The van der Waals surface area contributed by atoms with Crippen LogP contribution in [0.5, 0.6) is 11.5 Å². The molecule has 0 unspecified atom stereocenters. The molecule has 4 nitrogen and oxygen atoms in total. The van der Waals surface area contributed by atoms with Gasteiger partial charge in [-0.05, 0) is 30.3 Å². The Balaban J connectivity index is 1.83. The van der Waals surface area contributed by atoms with Gasteiger partial charge in [0.05, 0.1) is 5.02 Å². The second kappa shape index (κ2) is 5.95. The Bertz CT molecular complexity index is 688. The highest BCUT2D eigenvalue weighted by atomic mass is 79.9. The van der Waals surface area contributed by atoms with Gasteiger partial charge in [0.15, 0.2) is 11.5 Å². The second-order valence-electron chi connectivity index (χ2n) is 4.44. The predicted molar refractivity (Wildman–Crippen MR) is 84.5 cm³/mol. The Labute approximate surface area is 135 Å². The number of hydrogen-bond acceptors (Lipinski definition) is 3. The summed E-state index contributed by atoms with van der Waals surface area (Å²) in [5, 5.41) is 3.21. The summed E-state index contributed by atoms with van der Waals surface area (Å²) in [5.74, 6) is 0.847. The monoisotopic (exact) mass is 367 g/mol. The molecule has 0 radical (unpaired) electrons. The van der Waals surface area contributed by atoms with E-state index in [4.69, 9.17) is 21.1 Å². The van der Waals surface area contributed by atoms with Gasteiger partial charge in [0.1, 0.15) is 13.2 Å². The zero-order valence-electron chi connectivity index (χ0n) is 10.9. The first-order valence-corrected chi connectivity index (χ1v) is 7.46. The van der Waals surface area contributed by atoms with Gasteiger partial charge in [0, 0.05) is 21.8 Å². The standard InChI is InChI=1S/C15H11BrClNO3/c16-10-3-1-9(2-4-10)15(19)18-11-7-12(17)14-13(8-11)20-5-6-21-14/h1-4,7-8H,5-6H2,(H,18,19). The number of anilines is 1. The summed E-state index contributed by atoms with van der Waals surface area (Å²) in [6.45, 7) is 0.935. The molecule has 0 saturated heterocycles. The van der Waals surface area contributed by atoms with Crippen molar-refractivity contribution in [1.29, 1.82) is 0 Å². The third-order valence-corrected chi connectivity index (χ3v) is 3.77. The van der Waals surface area contributed by atoms with E-state index in [2.05, 4.69) is 21.2 Å². The number of amides is 1. The molecule has 108 valence electrons. The van der Waals surface area contributed by atoms with E-state index in [1.807, 2.05) is 12.1 Å². The van der Waals surface area contributed by atoms with E-state index in [1.165, 1.54) is 0 Å². The third kappa shape index (κ3) is 3.14. The number of nitrogens with one attached hydrogen (secondary N) is 1. The van der Waals surface area contributed by atoms with Crippen LogP contribution in [0.4, 0.5) is 5.69 Å². The summed E-state index contributed by atoms with van der Waals surface area (Å²) in [4.78, 5) is 12.2. The van der Waals surface area contributed by atoms with Gasteiger partial charge in [-0.2, -0.15) is 0 Å². The van der Waals surface area contributed by atoms with Crippen molar-refractivity contribution < 1.29 is 14.3 Å². The average molecular weight is 369 g/mol. The van der Waals surface area contributed by atoms with E-state index in [9.17, 15) is 4.79 Å². The van der Waals surface area contributed by atoms with Crippen LogP contribution >= 0.6 is 27.5 Å². The number of carbonyl (C=O) groups excluding carboxylic acids is 1. The van der Waals surface area contributed by atoms with Crippen LogP contribution in [0, 0.1) is 0 Å². The summed E-state index contributed by atoms with van der Waals surface area (Å²) in [6, 6.07) is 10.4. The van der Waals surface area contributed by atoms with Crippen LogP contribution in [-0.2, 0) is 0 Å². The maximum absolute atomic E-state index is 12.2. The molecule has 2 aromatic carbocycles. The van der Waals surface area contributed by atoms with Crippen LogP contribution in [0.25, 0.3) is 0 Å². The lowest BCUT2D eigenvalue weighted by molar-refractivity contribution is 0.102. The van der Waals surface area contributed by atoms with Crippen molar-refractivity contribution in [2.75, 3.05) is 18.5 Å². The first kappa shape index (κ1) is 14.2. The number of carbonyl (C=O) groups is 1. The van der Waals surface area contributed by atoms with Crippen LogP contribution in [0.1, 0.15) is 10.4 Å². The van der Waals surface area contributed by atoms with Gasteiger partial charge in [-0.25, -0.2) is 0 Å². The Morgan fingerprint density at radius 1 is 1.14 bits per heavy atom. The van der Waals surface area contributed by atoms with E-state index < -0.39 is 0 Å². The normalized spacial score (nSPS) is 12.9. The zero-order valence-corrected chi connectivity index (χ0v) is 13.2. The number of halogens is 2. The Hall–Kier alpha value is -1.72. The highest BCUT2D eigenvalue weighted by Gasteiger charge is 2.17. The number of hydrogen-bond donors (Lipinski definition) is 1. The lowest BCUT2D eigenvalue weighted by Gasteiger charge is -2.20. The molecule has 6 heteroatoms. The summed E-state index contributed by atoms with van der Waals surface area (Å²) in [5.41, 5.74) is 1.13. The molecule has 21 heavy (non-hydrogen) atoms. The lowest BCUT2D eigenvalue weighted by Crippen LogP contribution is -2.17. The molecule has 2 aromatic rings. The molecule has 1 heterocycles. The fourth-order valence-corrected chi connectivity index (χ4v) is 2.52. The average Bonchev–Trinajstić information content (AvgIpc) is 2.48. The molecular formula is C15H11BrClNO3. The minimum absolute atomic E-state index is 0.213. The van der Waals surface area contributed by atoms with Crippen LogP contribution in [0.2, 0.25) is 5.02 Å². The van der Waals surface area contributed by atoms with Gasteiger partial charge in [-0.15, -0.1) is 0 Å².